The molecule has 0 amide bonds. The largest absolute Gasteiger partial charge is 0.458 e. The monoisotopic (exact) mass is 775 g/mol. The first-order valence-electron chi connectivity index (χ1n) is 21.1. The fourth-order valence-corrected chi connectivity index (χ4v) is 8.95. The molecule has 3 rings (SSSR count). The highest BCUT2D eigenvalue weighted by Crippen LogP contribution is 2.49. The average molecular weight is 775 g/mol. The highest BCUT2D eigenvalue weighted by atomic mass is 16.7. The van der Waals surface area contributed by atoms with E-state index in [0.717, 1.165) is 25.7 Å². The summed E-state index contributed by atoms with van der Waals surface area (Å²) in [5.41, 5.74) is 0. The summed E-state index contributed by atoms with van der Waals surface area (Å²) in [7, 11) is 0. The van der Waals surface area contributed by atoms with Crippen LogP contribution in [0.4, 0.5) is 0 Å². The van der Waals surface area contributed by atoms with E-state index in [0.29, 0.717) is 19.3 Å². The van der Waals surface area contributed by atoms with Gasteiger partial charge in [-0.2, -0.15) is 0 Å². The lowest BCUT2D eigenvalue weighted by molar-refractivity contribution is -0.371. The number of rotatable bonds is 3. The summed E-state index contributed by atoms with van der Waals surface area (Å²) in [4.78, 5) is 40.4. The second kappa shape index (κ2) is 21.0. The molecule has 314 valence electrons. The molecule has 0 aromatic rings. The zero-order chi connectivity index (χ0) is 41.4. The summed E-state index contributed by atoms with van der Waals surface area (Å²) >= 11 is 0. The lowest BCUT2D eigenvalue weighted by atomic mass is 9.74. The van der Waals surface area contributed by atoms with Gasteiger partial charge < -0.3 is 34.6 Å². The molecular formula is C45H74O10. The number of aliphatic hydroxyl groups is 4. The minimum atomic E-state index is -1.30. The van der Waals surface area contributed by atoms with Crippen molar-refractivity contribution in [2.45, 2.75) is 170 Å². The Bertz CT molecular complexity index is 1340. The number of Topliss-reactive ketones (excluding diaryl/α,β-unsaturated/α-hetero) is 2. The van der Waals surface area contributed by atoms with Crippen LogP contribution in [0.15, 0.2) is 36.5 Å². The van der Waals surface area contributed by atoms with Gasteiger partial charge in [-0.25, -0.2) is 4.79 Å². The molecule has 55 heavy (non-hydrogen) atoms. The predicted molar refractivity (Wildman–Crippen MR) is 213 cm³/mol. The quantitative estimate of drug-likeness (QED) is 0.226. The van der Waals surface area contributed by atoms with Crippen molar-refractivity contribution in [3.63, 3.8) is 0 Å². The number of ether oxygens (including phenoxy) is 3. The van der Waals surface area contributed by atoms with E-state index in [1.807, 2.05) is 32.1 Å². The molecule has 1 spiro atoms. The Kier molecular flexibility index (Phi) is 18.0. The Labute approximate surface area is 331 Å². The molecule has 10 heteroatoms. The Morgan fingerprint density at radius 3 is 1.96 bits per heavy atom. The van der Waals surface area contributed by atoms with Gasteiger partial charge in [0.2, 0.25) is 0 Å². The molecule has 0 aromatic carbocycles. The van der Waals surface area contributed by atoms with Crippen LogP contribution in [0.5, 0.6) is 0 Å². The second-order valence-corrected chi connectivity index (χ2v) is 17.7. The van der Waals surface area contributed by atoms with Gasteiger partial charge in [-0.15, -0.1) is 0 Å². The van der Waals surface area contributed by atoms with E-state index in [1.54, 1.807) is 47.6 Å². The van der Waals surface area contributed by atoms with Crippen LogP contribution < -0.4 is 0 Å². The minimum absolute atomic E-state index is 0.144. The van der Waals surface area contributed by atoms with Crippen LogP contribution >= 0.6 is 0 Å². The standard InChI is InChI=1S/C45H74O10/c1-12-35-17-15-13-14-16-26(3)39(48)30(7)41(50)32(9)43(52)33(10)42(51)31(8)40(49)27(4)18-21-38(47)53-44-29(6)36(20-19-35)54-45(34(44)11)23-22-25(2)37(55-45)24-28(5)46/h13-15,17-18,21,25-37,39-40,43-44,46,48-49,52H,12,16,19-20,22-24H2,1-11H3/t25-,26+,27-,28?,29+,30-,31-,32+,33-,34-,35-,36-,37-,39-,40+,43-,44+,45-/m1/s1. The van der Waals surface area contributed by atoms with Crippen molar-refractivity contribution in [2.75, 3.05) is 0 Å². The number of carbonyl (C=O) groups excluding carboxylic acids is 3. The maximum atomic E-state index is 13.5. The number of allylic oxidation sites excluding steroid dienone is 4. The molecule has 0 saturated carbocycles. The van der Waals surface area contributed by atoms with Gasteiger partial charge in [0, 0.05) is 53.9 Å². The number of hydrogen-bond acceptors (Lipinski definition) is 10. The molecule has 3 aliphatic rings. The number of esters is 1. The number of hydrogen-bond donors (Lipinski definition) is 4. The Morgan fingerprint density at radius 2 is 1.36 bits per heavy atom. The van der Waals surface area contributed by atoms with Crippen molar-refractivity contribution in [1.82, 2.24) is 0 Å². The Hall–Kier alpha value is -2.21. The van der Waals surface area contributed by atoms with Gasteiger partial charge in [-0.1, -0.05) is 99.6 Å². The van der Waals surface area contributed by atoms with Gasteiger partial charge in [0.05, 0.1) is 36.6 Å². The molecule has 2 fully saturated rings. The van der Waals surface area contributed by atoms with Gasteiger partial charge in [-0.3, -0.25) is 9.59 Å². The smallest absolute Gasteiger partial charge is 0.330 e. The summed E-state index contributed by atoms with van der Waals surface area (Å²) in [6.07, 6.45) is 11.1. The number of ketones is 2. The van der Waals surface area contributed by atoms with E-state index < -0.39 is 77.6 Å². The van der Waals surface area contributed by atoms with Crippen molar-refractivity contribution < 1.29 is 49.0 Å². The van der Waals surface area contributed by atoms with E-state index in [-0.39, 0.29) is 47.6 Å². The van der Waals surface area contributed by atoms with Gasteiger partial charge >= 0.3 is 5.97 Å². The normalized spacial score (nSPS) is 44.3. The van der Waals surface area contributed by atoms with Crippen LogP contribution in [-0.2, 0) is 28.6 Å². The van der Waals surface area contributed by atoms with Crippen LogP contribution in [0, 0.1) is 59.2 Å². The first-order chi connectivity index (χ1) is 25.8. The molecule has 0 aromatic heterocycles. The van der Waals surface area contributed by atoms with Gasteiger partial charge in [0.1, 0.15) is 17.7 Å². The molecule has 3 aliphatic heterocycles. The molecule has 18 atom stereocenters. The molecule has 4 N–H and O–H groups in total. The van der Waals surface area contributed by atoms with E-state index in [9.17, 15) is 34.8 Å². The predicted octanol–water partition coefficient (Wildman–Crippen LogP) is 6.77. The van der Waals surface area contributed by atoms with E-state index >= 15 is 0 Å². The van der Waals surface area contributed by atoms with Gasteiger partial charge in [0.25, 0.3) is 0 Å². The molecule has 0 radical (unpaired) electrons. The molecule has 0 aliphatic carbocycles. The molecule has 3 heterocycles. The fraction of sp³-hybridized carbons (Fsp3) is 0.800. The zero-order valence-electron chi connectivity index (χ0n) is 35.5. The minimum Gasteiger partial charge on any atom is -0.458 e. The van der Waals surface area contributed by atoms with Crippen LogP contribution in [0.2, 0.25) is 0 Å². The lowest BCUT2D eigenvalue weighted by Gasteiger charge is -2.55. The summed E-state index contributed by atoms with van der Waals surface area (Å²) in [5, 5.41) is 43.8. The van der Waals surface area contributed by atoms with Crippen molar-refractivity contribution in [1.29, 1.82) is 0 Å². The van der Waals surface area contributed by atoms with Crippen LogP contribution in [0.25, 0.3) is 0 Å². The van der Waals surface area contributed by atoms with Gasteiger partial charge in [0.15, 0.2) is 5.79 Å². The zero-order valence-corrected chi connectivity index (χ0v) is 35.5. The van der Waals surface area contributed by atoms with Crippen molar-refractivity contribution >= 4 is 17.5 Å². The second-order valence-electron chi connectivity index (χ2n) is 17.7. The number of fused-ring (bicyclic) bond motifs is 2. The van der Waals surface area contributed by atoms with Crippen molar-refractivity contribution in [3.8, 4) is 0 Å². The molecular weight excluding hydrogens is 700 g/mol. The Balaban J connectivity index is 1.97. The van der Waals surface area contributed by atoms with Crippen molar-refractivity contribution in [2.24, 2.45) is 59.2 Å². The first-order valence-corrected chi connectivity index (χ1v) is 21.1. The Morgan fingerprint density at radius 1 is 0.764 bits per heavy atom. The molecule has 2 bridgehead atoms. The van der Waals surface area contributed by atoms with Crippen LogP contribution in [0.3, 0.4) is 0 Å². The highest BCUT2D eigenvalue weighted by Gasteiger charge is 2.56. The summed E-state index contributed by atoms with van der Waals surface area (Å²) < 4.78 is 20.0. The average Bonchev–Trinajstić information content (AvgIpc) is 3.16. The highest BCUT2D eigenvalue weighted by molar-refractivity contribution is 5.87. The van der Waals surface area contributed by atoms with E-state index in [2.05, 4.69) is 26.8 Å². The molecule has 1 unspecified atom stereocenters. The maximum absolute atomic E-state index is 13.5. The van der Waals surface area contributed by atoms with Crippen LogP contribution in [0.1, 0.15) is 121 Å². The number of carbonyl (C=O) groups is 3. The van der Waals surface area contributed by atoms with E-state index in [1.165, 1.54) is 6.08 Å². The topological polar surface area (TPSA) is 160 Å². The van der Waals surface area contributed by atoms with Crippen molar-refractivity contribution in [3.05, 3.63) is 36.5 Å². The lowest BCUT2D eigenvalue weighted by Crippen LogP contribution is -2.62. The summed E-state index contributed by atoms with van der Waals surface area (Å²) in [6, 6.07) is 0. The third kappa shape index (κ3) is 11.9. The summed E-state index contributed by atoms with van der Waals surface area (Å²) in [5.74, 6) is -6.53. The molecule has 2 saturated heterocycles. The van der Waals surface area contributed by atoms with Gasteiger partial charge in [-0.05, 0) is 63.2 Å². The molecule has 10 nitrogen and oxygen atoms in total. The maximum Gasteiger partial charge on any atom is 0.330 e. The fourth-order valence-electron chi connectivity index (χ4n) is 8.95. The first kappa shape index (κ1) is 47.2. The summed E-state index contributed by atoms with van der Waals surface area (Å²) in [6.45, 7) is 20.1. The number of aliphatic hydroxyl groups excluding tert-OH is 4. The SMILES string of the molecule is CC[C@@H]1C=CC=CC[C@H](C)[C@@H](O)[C@@H](C)C(=O)[C@H](C)[C@@H](O)[C@H](C)C(=O)[C@H](C)[C@@H](O)[C@H](C)C=CC(=O)O[C@H]2[C@@H](C)[C@@H](CC1)O[C@@]1(CC[C@@H](C)[C@@H](CC(C)O)O1)[C@@H]2C. The van der Waals surface area contributed by atoms with Crippen LogP contribution in [-0.4, -0.2) is 86.5 Å². The van der Waals surface area contributed by atoms with E-state index in [4.69, 9.17) is 14.2 Å². The third-order valence-electron chi connectivity index (χ3n) is 13.4. The third-order valence-corrected chi connectivity index (χ3v) is 13.4.